The molecule has 0 bridgehead atoms. The lowest BCUT2D eigenvalue weighted by Crippen LogP contribution is -2.33. The van der Waals surface area contributed by atoms with Gasteiger partial charge in [0.1, 0.15) is 11.8 Å². The van der Waals surface area contributed by atoms with Crippen molar-refractivity contribution in [1.29, 1.82) is 0 Å². The average Bonchev–Trinajstić information content (AvgIpc) is 3.72. The maximum atomic E-state index is 12.9. The molecule has 5 rings (SSSR count). The lowest BCUT2D eigenvalue weighted by atomic mass is 10.2. The predicted molar refractivity (Wildman–Crippen MR) is 115 cm³/mol. The number of hydrogen-bond acceptors (Lipinski definition) is 8. The quantitative estimate of drug-likeness (QED) is 0.517. The third-order valence-electron chi connectivity index (χ3n) is 6.01. The molecule has 0 atom stereocenters. The highest BCUT2D eigenvalue weighted by atomic mass is 16.5. The number of aliphatic hydroxyl groups is 1. The highest BCUT2D eigenvalue weighted by Gasteiger charge is 2.40. The summed E-state index contributed by atoms with van der Waals surface area (Å²) in [4.78, 5) is 30.5. The van der Waals surface area contributed by atoms with Crippen LogP contribution in [0, 0.1) is 12.8 Å². The van der Waals surface area contributed by atoms with Gasteiger partial charge in [-0.25, -0.2) is 15.0 Å². The second-order valence-electron chi connectivity index (χ2n) is 8.67. The zero-order valence-electron chi connectivity index (χ0n) is 18.2. The second-order valence-corrected chi connectivity index (χ2v) is 8.67. The van der Waals surface area contributed by atoms with Gasteiger partial charge in [-0.3, -0.25) is 4.79 Å². The first-order valence-electron chi connectivity index (χ1n) is 10.8. The molecule has 2 aliphatic carbocycles. The van der Waals surface area contributed by atoms with E-state index in [0.29, 0.717) is 60.4 Å². The van der Waals surface area contributed by atoms with E-state index in [1.54, 1.807) is 19.5 Å². The molecular formula is C22H26N6O4. The van der Waals surface area contributed by atoms with Crippen LogP contribution < -0.4 is 14.8 Å². The smallest absolute Gasteiger partial charge is 0.255 e. The van der Waals surface area contributed by atoms with Crippen LogP contribution >= 0.6 is 0 Å². The zero-order chi connectivity index (χ0) is 22.3. The SMILES string of the molecule is COc1ncnc(Cn2cc(C(=O)NCC3(O)CC3)c3ncc(OCC4CC4)nc32)c1C. The van der Waals surface area contributed by atoms with Crippen LogP contribution in [0.5, 0.6) is 11.8 Å². The van der Waals surface area contributed by atoms with E-state index in [4.69, 9.17) is 9.47 Å². The fraction of sp³-hybridized carbons (Fsp3) is 0.500. The minimum atomic E-state index is -0.780. The normalized spacial score (nSPS) is 16.7. The largest absolute Gasteiger partial charge is 0.481 e. The number of rotatable bonds is 9. The van der Waals surface area contributed by atoms with Gasteiger partial charge in [-0.05, 0) is 38.5 Å². The molecule has 0 spiro atoms. The summed E-state index contributed by atoms with van der Waals surface area (Å²) < 4.78 is 12.9. The van der Waals surface area contributed by atoms with Crippen molar-refractivity contribution in [3.63, 3.8) is 0 Å². The summed E-state index contributed by atoms with van der Waals surface area (Å²) in [6, 6.07) is 0. The molecule has 32 heavy (non-hydrogen) atoms. The summed E-state index contributed by atoms with van der Waals surface area (Å²) in [5, 5.41) is 12.9. The van der Waals surface area contributed by atoms with Gasteiger partial charge in [0, 0.05) is 18.3 Å². The first-order valence-corrected chi connectivity index (χ1v) is 10.8. The van der Waals surface area contributed by atoms with Crippen molar-refractivity contribution in [3.05, 3.63) is 35.5 Å². The molecule has 10 nitrogen and oxygen atoms in total. The number of hydrogen-bond donors (Lipinski definition) is 2. The molecular weight excluding hydrogens is 412 g/mol. The minimum absolute atomic E-state index is 0.219. The van der Waals surface area contributed by atoms with Gasteiger partial charge in [0.2, 0.25) is 11.8 Å². The number of carbonyl (C=O) groups excluding carboxylic acids is 1. The zero-order valence-corrected chi connectivity index (χ0v) is 18.2. The van der Waals surface area contributed by atoms with Gasteiger partial charge >= 0.3 is 0 Å². The van der Waals surface area contributed by atoms with Gasteiger partial charge in [-0.2, -0.15) is 4.98 Å². The number of nitrogens with one attached hydrogen (secondary N) is 1. The fourth-order valence-electron chi connectivity index (χ4n) is 3.53. The Kier molecular flexibility index (Phi) is 5.16. The standard InChI is InChI=1S/C22H26N6O4/c1-13-16(25-12-26-21(13)31-2)9-28-8-15(20(29)24-11-22(30)5-6-22)18-19(28)27-17(7-23-18)32-10-14-3-4-14/h7-8,12,14,30H,3-6,9-11H2,1-2H3,(H,24,29). The number of fused-ring (bicyclic) bond motifs is 1. The molecule has 1 amide bonds. The lowest BCUT2D eigenvalue weighted by molar-refractivity contribution is 0.0897. The van der Waals surface area contributed by atoms with Crippen molar-refractivity contribution < 1.29 is 19.4 Å². The maximum absolute atomic E-state index is 12.9. The van der Waals surface area contributed by atoms with Crippen LogP contribution in [-0.2, 0) is 6.54 Å². The number of aromatic nitrogens is 5. The molecule has 2 fully saturated rings. The monoisotopic (exact) mass is 438 g/mol. The van der Waals surface area contributed by atoms with E-state index < -0.39 is 5.60 Å². The summed E-state index contributed by atoms with van der Waals surface area (Å²) in [5.74, 6) is 1.22. The first-order chi connectivity index (χ1) is 15.5. The van der Waals surface area contributed by atoms with Crippen molar-refractivity contribution in [2.24, 2.45) is 5.92 Å². The molecule has 0 radical (unpaired) electrons. The Labute approximate surface area is 185 Å². The predicted octanol–water partition coefficient (Wildman–Crippen LogP) is 1.63. The topological polar surface area (TPSA) is 124 Å². The highest BCUT2D eigenvalue weighted by molar-refractivity contribution is 6.04. The van der Waals surface area contributed by atoms with Gasteiger partial charge in [-0.15, -0.1) is 0 Å². The van der Waals surface area contributed by atoms with Crippen LogP contribution in [-0.4, -0.2) is 61.4 Å². The van der Waals surface area contributed by atoms with Crippen molar-refractivity contribution in [2.45, 2.75) is 44.8 Å². The van der Waals surface area contributed by atoms with Crippen LogP contribution in [0.4, 0.5) is 0 Å². The van der Waals surface area contributed by atoms with E-state index in [2.05, 4.69) is 25.3 Å². The Morgan fingerprint density at radius 1 is 1.31 bits per heavy atom. The Hall–Kier alpha value is -3.27. The molecule has 0 saturated heterocycles. The molecule has 3 aromatic heterocycles. The van der Waals surface area contributed by atoms with E-state index in [-0.39, 0.29) is 12.5 Å². The third kappa shape index (κ3) is 4.22. The Bertz CT molecular complexity index is 1170. The van der Waals surface area contributed by atoms with Crippen LogP contribution in [0.15, 0.2) is 18.7 Å². The fourth-order valence-corrected chi connectivity index (χ4v) is 3.53. The summed E-state index contributed by atoms with van der Waals surface area (Å²) in [6.45, 7) is 3.09. The van der Waals surface area contributed by atoms with Gasteiger partial charge in [0.25, 0.3) is 5.91 Å². The van der Waals surface area contributed by atoms with Crippen LogP contribution in [0.25, 0.3) is 11.2 Å². The van der Waals surface area contributed by atoms with Crippen LogP contribution in [0.1, 0.15) is 47.3 Å². The Morgan fingerprint density at radius 2 is 2.12 bits per heavy atom. The second kappa shape index (κ2) is 8.01. The van der Waals surface area contributed by atoms with Gasteiger partial charge < -0.3 is 24.5 Å². The lowest BCUT2D eigenvalue weighted by Gasteiger charge is -2.10. The molecule has 0 unspecified atom stereocenters. The number of amides is 1. The van der Waals surface area contributed by atoms with Gasteiger partial charge in [-0.1, -0.05) is 0 Å². The minimum Gasteiger partial charge on any atom is -0.481 e. The molecule has 2 saturated carbocycles. The summed E-state index contributed by atoms with van der Waals surface area (Å²) in [6.07, 6.45) is 8.48. The van der Waals surface area contributed by atoms with Crippen molar-refractivity contribution in [3.8, 4) is 11.8 Å². The Balaban J connectivity index is 1.48. The molecule has 0 aromatic carbocycles. The average molecular weight is 438 g/mol. The summed E-state index contributed by atoms with van der Waals surface area (Å²) >= 11 is 0. The molecule has 3 heterocycles. The van der Waals surface area contributed by atoms with Crippen molar-refractivity contribution >= 4 is 17.1 Å². The first kappa shape index (κ1) is 20.6. The number of carbonyl (C=O) groups is 1. The van der Waals surface area contributed by atoms with E-state index in [1.165, 1.54) is 19.2 Å². The molecule has 2 N–H and O–H groups in total. The number of methoxy groups -OCH3 is 1. The van der Waals surface area contributed by atoms with Gasteiger partial charge in [0.05, 0.1) is 43.3 Å². The van der Waals surface area contributed by atoms with Crippen LogP contribution in [0.2, 0.25) is 0 Å². The molecule has 2 aliphatic rings. The van der Waals surface area contributed by atoms with Crippen LogP contribution in [0.3, 0.4) is 0 Å². The van der Waals surface area contributed by atoms with Crippen molar-refractivity contribution in [2.75, 3.05) is 20.3 Å². The van der Waals surface area contributed by atoms with Crippen molar-refractivity contribution in [1.82, 2.24) is 29.8 Å². The summed E-state index contributed by atoms with van der Waals surface area (Å²) in [7, 11) is 1.56. The number of ether oxygens (including phenoxy) is 2. The highest BCUT2D eigenvalue weighted by Crippen LogP contribution is 2.34. The van der Waals surface area contributed by atoms with E-state index in [9.17, 15) is 9.90 Å². The molecule has 0 aliphatic heterocycles. The molecule has 10 heteroatoms. The maximum Gasteiger partial charge on any atom is 0.255 e. The molecule has 3 aromatic rings. The summed E-state index contributed by atoms with van der Waals surface area (Å²) in [5.41, 5.74) is 2.18. The third-order valence-corrected chi connectivity index (χ3v) is 6.01. The van der Waals surface area contributed by atoms with E-state index in [1.807, 2.05) is 11.5 Å². The van der Waals surface area contributed by atoms with E-state index in [0.717, 1.165) is 11.3 Å². The number of nitrogens with zero attached hydrogens (tertiary/aromatic N) is 5. The molecule has 168 valence electrons. The Morgan fingerprint density at radius 3 is 2.84 bits per heavy atom. The van der Waals surface area contributed by atoms with E-state index >= 15 is 0 Å². The van der Waals surface area contributed by atoms with Gasteiger partial charge in [0.15, 0.2) is 5.65 Å².